The molecule has 0 radical (unpaired) electrons. The van der Waals surface area contributed by atoms with Crippen LogP contribution in [0.2, 0.25) is 0 Å². The second-order valence-electron chi connectivity index (χ2n) is 5.96. The first-order chi connectivity index (χ1) is 11.5. The molecule has 2 aromatic heterocycles. The Morgan fingerprint density at radius 3 is 2.36 bits per heavy atom. The van der Waals surface area contributed by atoms with Gasteiger partial charge in [-0.15, -0.1) is 0 Å². The Hall–Kier alpha value is -2.45. The van der Waals surface area contributed by atoms with E-state index in [9.17, 15) is 22.4 Å². The van der Waals surface area contributed by atoms with Crippen LogP contribution in [0.1, 0.15) is 49.8 Å². The summed E-state index contributed by atoms with van der Waals surface area (Å²) in [6, 6.07) is 0.477. The summed E-state index contributed by atoms with van der Waals surface area (Å²) in [4.78, 5) is 19.0. The minimum Gasteiger partial charge on any atom is -0.459 e. The van der Waals surface area contributed by atoms with E-state index in [4.69, 9.17) is 4.74 Å². The van der Waals surface area contributed by atoms with Crippen LogP contribution in [0.3, 0.4) is 0 Å². The molecule has 0 N–H and O–H groups in total. The molecule has 0 unspecified atom stereocenters. The molecule has 0 aromatic carbocycles. The number of imidazole rings is 1. The molecule has 2 heterocycles. The fourth-order valence-electron chi connectivity index (χ4n) is 2.10. The van der Waals surface area contributed by atoms with Crippen LogP contribution in [0.5, 0.6) is 0 Å². The highest BCUT2D eigenvalue weighted by atomic mass is 19.4. The lowest BCUT2D eigenvalue weighted by Crippen LogP contribution is -2.13. The standard InChI is InChI=1S/C16H17F4N3O2/c1-8(2)23-7-12(16(18,19)20)22-14(23)13-11(17)5-10(6-21-13)15(24)25-9(3)4/h5-9H,1-4H3. The van der Waals surface area contributed by atoms with E-state index in [1.807, 2.05) is 0 Å². The van der Waals surface area contributed by atoms with E-state index >= 15 is 0 Å². The number of rotatable bonds is 4. The highest BCUT2D eigenvalue weighted by Gasteiger charge is 2.36. The zero-order valence-electron chi connectivity index (χ0n) is 14.1. The lowest BCUT2D eigenvalue weighted by Gasteiger charge is -2.12. The molecule has 25 heavy (non-hydrogen) atoms. The van der Waals surface area contributed by atoms with Gasteiger partial charge in [0.1, 0.15) is 5.69 Å². The zero-order valence-corrected chi connectivity index (χ0v) is 14.1. The molecule has 0 amide bonds. The Labute approximate surface area is 141 Å². The number of halogens is 4. The van der Waals surface area contributed by atoms with Crippen molar-refractivity contribution >= 4 is 5.97 Å². The third kappa shape index (κ3) is 4.15. The average molecular weight is 359 g/mol. The Kier molecular flexibility index (Phi) is 5.15. The maximum atomic E-state index is 14.4. The quantitative estimate of drug-likeness (QED) is 0.605. The summed E-state index contributed by atoms with van der Waals surface area (Å²) in [5.74, 6) is -1.99. The van der Waals surface area contributed by atoms with Crippen molar-refractivity contribution in [1.82, 2.24) is 14.5 Å². The smallest absolute Gasteiger partial charge is 0.434 e. The van der Waals surface area contributed by atoms with Gasteiger partial charge in [0, 0.05) is 18.4 Å². The zero-order chi connectivity index (χ0) is 18.9. The normalized spacial score (nSPS) is 12.1. The lowest BCUT2D eigenvalue weighted by molar-refractivity contribution is -0.140. The van der Waals surface area contributed by atoms with Gasteiger partial charge in [0.25, 0.3) is 0 Å². The van der Waals surface area contributed by atoms with Crippen LogP contribution in [-0.2, 0) is 10.9 Å². The van der Waals surface area contributed by atoms with Crippen molar-refractivity contribution in [2.24, 2.45) is 0 Å². The van der Waals surface area contributed by atoms with Gasteiger partial charge in [-0.1, -0.05) is 0 Å². The number of carbonyl (C=O) groups is 1. The predicted molar refractivity (Wildman–Crippen MR) is 81.4 cm³/mol. The first kappa shape index (κ1) is 18.9. The largest absolute Gasteiger partial charge is 0.459 e. The summed E-state index contributed by atoms with van der Waals surface area (Å²) in [6.07, 6.45) is -3.20. The topological polar surface area (TPSA) is 57.0 Å². The fourth-order valence-corrected chi connectivity index (χ4v) is 2.10. The van der Waals surface area contributed by atoms with Crippen molar-refractivity contribution in [2.75, 3.05) is 0 Å². The van der Waals surface area contributed by atoms with E-state index in [0.29, 0.717) is 0 Å². The number of ether oxygens (including phenoxy) is 1. The van der Waals surface area contributed by atoms with Crippen molar-refractivity contribution in [3.63, 3.8) is 0 Å². The second-order valence-corrected chi connectivity index (χ2v) is 5.96. The van der Waals surface area contributed by atoms with E-state index in [1.165, 1.54) is 4.57 Å². The van der Waals surface area contributed by atoms with Gasteiger partial charge in [0.15, 0.2) is 17.3 Å². The molecule has 0 atom stereocenters. The van der Waals surface area contributed by atoms with Crippen LogP contribution >= 0.6 is 0 Å². The number of esters is 1. The number of carbonyl (C=O) groups excluding carboxylic acids is 1. The van der Waals surface area contributed by atoms with E-state index in [2.05, 4.69) is 9.97 Å². The monoisotopic (exact) mass is 359 g/mol. The van der Waals surface area contributed by atoms with Crippen molar-refractivity contribution in [1.29, 1.82) is 0 Å². The van der Waals surface area contributed by atoms with E-state index in [-0.39, 0.29) is 17.1 Å². The first-order valence-corrected chi connectivity index (χ1v) is 7.53. The van der Waals surface area contributed by atoms with Gasteiger partial charge in [0.05, 0.1) is 11.7 Å². The van der Waals surface area contributed by atoms with Crippen LogP contribution in [0, 0.1) is 5.82 Å². The van der Waals surface area contributed by atoms with Gasteiger partial charge in [0.2, 0.25) is 0 Å². The summed E-state index contributed by atoms with van der Waals surface area (Å²) >= 11 is 0. The Morgan fingerprint density at radius 1 is 1.24 bits per heavy atom. The van der Waals surface area contributed by atoms with Crippen LogP contribution in [0.4, 0.5) is 17.6 Å². The molecule has 2 aromatic rings. The molecule has 0 aliphatic carbocycles. The summed E-state index contributed by atoms with van der Waals surface area (Å²) in [7, 11) is 0. The van der Waals surface area contributed by atoms with Crippen LogP contribution in [-0.4, -0.2) is 26.6 Å². The molecular weight excluding hydrogens is 342 g/mol. The minimum atomic E-state index is -4.66. The molecular formula is C16H17F4N3O2. The van der Waals surface area contributed by atoms with Crippen LogP contribution in [0.15, 0.2) is 18.5 Å². The molecule has 2 rings (SSSR count). The molecule has 0 spiro atoms. The Balaban J connectivity index is 2.48. The van der Waals surface area contributed by atoms with E-state index < -0.39 is 35.8 Å². The van der Waals surface area contributed by atoms with Crippen LogP contribution < -0.4 is 0 Å². The van der Waals surface area contributed by atoms with Gasteiger partial charge in [-0.25, -0.2) is 19.2 Å². The van der Waals surface area contributed by atoms with Crippen molar-refractivity contribution in [3.8, 4) is 11.5 Å². The summed E-state index contributed by atoms with van der Waals surface area (Å²) < 4.78 is 59.2. The maximum Gasteiger partial charge on any atom is 0.434 e. The third-order valence-corrected chi connectivity index (χ3v) is 3.21. The first-order valence-electron chi connectivity index (χ1n) is 7.53. The minimum absolute atomic E-state index is 0.131. The van der Waals surface area contributed by atoms with Gasteiger partial charge < -0.3 is 9.30 Å². The highest BCUT2D eigenvalue weighted by Crippen LogP contribution is 2.32. The number of alkyl halides is 3. The van der Waals surface area contributed by atoms with Crippen molar-refractivity contribution < 1.29 is 27.1 Å². The lowest BCUT2D eigenvalue weighted by atomic mass is 10.2. The molecule has 9 heteroatoms. The maximum absolute atomic E-state index is 14.4. The van der Waals surface area contributed by atoms with E-state index in [1.54, 1.807) is 27.7 Å². The Morgan fingerprint density at radius 2 is 1.88 bits per heavy atom. The molecule has 136 valence electrons. The molecule has 0 fully saturated rings. The summed E-state index contributed by atoms with van der Waals surface area (Å²) in [5, 5.41) is 0. The van der Waals surface area contributed by atoms with Crippen molar-refractivity contribution in [3.05, 3.63) is 35.5 Å². The molecule has 0 saturated heterocycles. The number of hydrogen-bond acceptors (Lipinski definition) is 4. The fraction of sp³-hybridized carbons (Fsp3) is 0.438. The molecule has 0 aliphatic rings. The van der Waals surface area contributed by atoms with Gasteiger partial charge in [-0.3, -0.25) is 0 Å². The number of pyridine rings is 1. The van der Waals surface area contributed by atoms with Crippen LogP contribution in [0.25, 0.3) is 11.5 Å². The number of hydrogen-bond donors (Lipinski definition) is 0. The van der Waals surface area contributed by atoms with Crippen molar-refractivity contribution in [2.45, 2.75) is 46.0 Å². The predicted octanol–water partition coefficient (Wildman–Crippen LogP) is 4.25. The van der Waals surface area contributed by atoms with Gasteiger partial charge >= 0.3 is 12.1 Å². The summed E-state index contributed by atoms with van der Waals surface area (Å²) in [5.41, 5.74) is -1.64. The third-order valence-electron chi connectivity index (χ3n) is 3.21. The SMILES string of the molecule is CC(C)OC(=O)c1cnc(-c2nc(C(F)(F)F)cn2C(C)C)c(F)c1. The molecule has 0 saturated carbocycles. The average Bonchev–Trinajstić information content (AvgIpc) is 2.91. The molecule has 5 nitrogen and oxygen atoms in total. The number of aromatic nitrogens is 3. The van der Waals surface area contributed by atoms with Gasteiger partial charge in [-0.05, 0) is 33.8 Å². The number of nitrogens with zero attached hydrogens (tertiary/aromatic N) is 3. The second kappa shape index (κ2) is 6.81. The van der Waals surface area contributed by atoms with Gasteiger partial charge in [-0.2, -0.15) is 13.2 Å². The molecule has 0 bridgehead atoms. The van der Waals surface area contributed by atoms with E-state index in [0.717, 1.165) is 18.5 Å². The Bertz CT molecular complexity index is 782. The molecule has 0 aliphatic heterocycles. The summed E-state index contributed by atoms with van der Waals surface area (Å²) in [6.45, 7) is 6.54. The highest BCUT2D eigenvalue weighted by molar-refractivity contribution is 5.89.